The topological polar surface area (TPSA) is 76.7 Å². The van der Waals surface area contributed by atoms with Crippen molar-refractivity contribution in [1.29, 1.82) is 0 Å². The maximum Gasteiger partial charge on any atom is 0.236 e. The number of hydrogen-bond donors (Lipinski definition) is 2. The van der Waals surface area contributed by atoms with Crippen molar-refractivity contribution in [3.63, 3.8) is 0 Å². The lowest BCUT2D eigenvalue weighted by Crippen LogP contribution is -2.35. The van der Waals surface area contributed by atoms with Crippen molar-refractivity contribution in [1.82, 2.24) is 5.32 Å². The van der Waals surface area contributed by atoms with E-state index in [2.05, 4.69) is 10.0 Å². The van der Waals surface area contributed by atoms with Gasteiger partial charge in [-0.2, -0.15) is 0 Å². The molecule has 0 radical (unpaired) electrons. The average molecular weight is 314 g/mol. The predicted molar refractivity (Wildman–Crippen MR) is 82.6 cm³/mol. The Bertz CT molecular complexity index is 574. The second kappa shape index (κ2) is 7.00. The molecule has 0 spiro atoms. The van der Waals surface area contributed by atoms with Gasteiger partial charge in [0.1, 0.15) is 13.2 Å². The Balaban J connectivity index is 2.02. The van der Waals surface area contributed by atoms with Crippen LogP contribution in [0.25, 0.3) is 0 Å². The molecule has 1 aromatic rings. The van der Waals surface area contributed by atoms with E-state index in [1.165, 1.54) is 0 Å². The van der Waals surface area contributed by atoms with E-state index >= 15 is 0 Å². The van der Waals surface area contributed by atoms with Crippen LogP contribution in [-0.2, 0) is 10.0 Å². The molecule has 0 aliphatic carbocycles. The molecule has 1 unspecified atom stereocenters. The minimum Gasteiger partial charge on any atom is -0.486 e. The molecule has 21 heavy (non-hydrogen) atoms. The Morgan fingerprint density at radius 3 is 2.67 bits per heavy atom. The lowest BCUT2D eigenvalue weighted by atomic mass is 10.3. The summed E-state index contributed by atoms with van der Waals surface area (Å²) in [5, 5.41) is 2.60. The lowest BCUT2D eigenvalue weighted by molar-refractivity contribution is 0.171. The first-order valence-corrected chi connectivity index (χ1v) is 8.69. The van der Waals surface area contributed by atoms with Gasteiger partial charge in [0.15, 0.2) is 11.5 Å². The molecule has 0 saturated heterocycles. The predicted octanol–water partition coefficient (Wildman–Crippen LogP) is 1.59. The molecule has 1 aliphatic heterocycles. The standard InChI is InChI=1S/C14H22N2O4S/c1-3-6-15-10-11(2)21(17,18)16-12-4-5-13-14(9-12)20-8-7-19-13/h4-5,9,11,15-16H,3,6-8,10H2,1-2H3. The van der Waals surface area contributed by atoms with Crippen LogP contribution >= 0.6 is 0 Å². The molecule has 0 aromatic heterocycles. The largest absolute Gasteiger partial charge is 0.486 e. The third kappa shape index (κ3) is 4.25. The highest BCUT2D eigenvalue weighted by atomic mass is 32.2. The van der Waals surface area contributed by atoms with Gasteiger partial charge in [0.25, 0.3) is 0 Å². The van der Waals surface area contributed by atoms with E-state index in [4.69, 9.17) is 9.47 Å². The van der Waals surface area contributed by atoms with Crippen LogP contribution < -0.4 is 19.5 Å². The van der Waals surface area contributed by atoms with Crippen molar-refractivity contribution >= 4 is 15.7 Å². The van der Waals surface area contributed by atoms with E-state index in [9.17, 15) is 8.42 Å². The highest BCUT2D eigenvalue weighted by molar-refractivity contribution is 7.93. The fourth-order valence-electron chi connectivity index (χ4n) is 1.96. The molecule has 0 fully saturated rings. The van der Waals surface area contributed by atoms with E-state index in [0.717, 1.165) is 13.0 Å². The zero-order valence-electron chi connectivity index (χ0n) is 12.4. The fraction of sp³-hybridized carbons (Fsp3) is 0.571. The Kier molecular flexibility index (Phi) is 5.30. The summed E-state index contributed by atoms with van der Waals surface area (Å²) < 4.78 is 37.9. The van der Waals surface area contributed by atoms with Gasteiger partial charge in [-0.3, -0.25) is 4.72 Å². The van der Waals surface area contributed by atoms with Crippen molar-refractivity contribution in [2.45, 2.75) is 25.5 Å². The molecule has 2 rings (SSSR count). The monoisotopic (exact) mass is 314 g/mol. The second-order valence-electron chi connectivity index (χ2n) is 5.02. The Labute approximate surface area is 125 Å². The minimum atomic E-state index is -3.43. The molecule has 6 nitrogen and oxygen atoms in total. The molecular weight excluding hydrogens is 292 g/mol. The van der Waals surface area contributed by atoms with Crippen molar-refractivity contribution < 1.29 is 17.9 Å². The molecule has 0 amide bonds. The van der Waals surface area contributed by atoms with E-state index < -0.39 is 15.3 Å². The zero-order chi connectivity index (χ0) is 15.3. The average Bonchev–Trinajstić information content (AvgIpc) is 2.47. The summed E-state index contributed by atoms with van der Waals surface area (Å²) in [6.45, 7) is 5.94. The Morgan fingerprint density at radius 2 is 1.95 bits per heavy atom. The smallest absolute Gasteiger partial charge is 0.236 e. The maximum atomic E-state index is 12.2. The van der Waals surface area contributed by atoms with Crippen LogP contribution in [0.2, 0.25) is 0 Å². The van der Waals surface area contributed by atoms with Crippen LogP contribution in [0.3, 0.4) is 0 Å². The third-order valence-corrected chi connectivity index (χ3v) is 4.94. The van der Waals surface area contributed by atoms with Gasteiger partial charge in [0, 0.05) is 12.6 Å². The molecule has 1 aromatic carbocycles. The summed E-state index contributed by atoms with van der Waals surface area (Å²) in [6, 6.07) is 5.04. The number of fused-ring (bicyclic) bond motifs is 1. The van der Waals surface area contributed by atoms with Gasteiger partial charge >= 0.3 is 0 Å². The van der Waals surface area contributed by atoms with Crippen LogP contribution in [-0.4, -0.2) is 40.0 Å². The summed E-state index contributed by atoms with van der Waals surface area (Å²) >= 11 is 0. The molecule has 0 bridgehead atoms. The lowest BCUT2D eigenvalue weighted by Gasteiger charge is -2.20. The van der Waals surface area contributed by atoms with Crippen LogP contribution in [0, 0.1) is 0 Å². The van der Waals surface area contributed by atoms with Crippen LogP contribution in [0.1, 0.15) is 20.3 Å². The number of sulfonamides is 1. The number of rotatable bonds is 7. The summed E-state index contributed by atoms with van der Waals surface area (Å²) in [5.74, 6) is 1.21. The SMILES string of the molecule is CCCNCC(C)S(=O)(=O)Nc1ccc2c(c1)OCCO2. The summed E-state index contributed by atoms with van der Waals surface area (Å²) in [7, 11) is -3.43. The first kappa shape index (κ1) is 15.9. The number of benzene rings is 1. The van der Waals surface area contributed by atoms with Gasteiger partial charge in [0.05, 0.1) is 10.9 Å². The van der Waals surface area contributed by atoms with Gasteiger partial charge in [-0.1, -0.05) is 6.92 Å². The molecule has 2 N–H and O–H groups in total. The van der Waals surface area contributed by atoms with Crippen LogP contribution in [0.15, 0.2) is 18.2 Å². The van der Waals surface area contributed by atoms with Gasteiger partial charge in [0.2, 0.25) is 10.0 Å². The van der Waals surface area contributed by atoms with Gasteiger partial charge < -0.3 is 14.8 Å². The van der Waals surface area contributed by atoms with E-state index in [1.54, 1.807) is 25.1 Å². The highest BCUT2D eigenvalue weighted by Gasteiger charge is 2.21. The van der Waals surface area contributed by atoms with Crippen molar-refractivity contribution in [3.8, 4) is 11.5 Å². The van der Waals surface area contributed by atoms with Gasteiger partial charge in [-0.15, -0.1) is 0 Å². The molecular formula is C14H22N2O4S. The molecule has 0 saturated carbocycles. The third-order valence-electron chi connectivity index (χ3n) is 3.19. The zero-order valence-corrected chi connectivity index (χ0v) is 13.2. The maximum absolute atomic E-state index is 12.2. The summed E-state index contributed by atoms with van der Waals surface area (Å²) in [4.78, 5) is 0. The second-order valence-corrected chi connectivity index (χ2v) is 7.12. The number of nitrogens with one attached hydrogen (secondary N) is 2. The van der Waals surface area contributed by atoms with E-state index in [-0.39, 0.29) is 0 Å². The molecule has 7 heteroatoms. The Hall–Kier alpha value is -1.47. The van der Waals surface area contributed by atoms with E-state index in [0.29, 0.717) is 36.9 Å². The van der Waals surface area contributed by atoms with Gasteiger partial charge in [-0.05, 0) is 32.0 Å². The summed E-state index contributed by atoms with van der Waals surface area (Å²) in [5.41, 5.74) is 0.488. The quantitative estimate of drug-likeness (QED) is 0.747. The molecule has 118 valence electrons. The normalized spacial score (nSPS) is 15.5. The van der Waals surface area contributed by atoms with Crippen molar-refractivity contribution in [2.75, 3.05) is 31.0 Å². The van der Waals surface area contributed by atoms with Gasteiger partial charge in [-0.25, -0.2) is 8.42 Å². The fourth-order valence-corrected chi connectivity index (χ4v) is 2.96. The first-order chi connectivity index (χ1) is 10.0. The van der Waals surface area contributed by atoms with Crippen LogP contribution in [0.5, 0.6) is 11.5 Å². The van der Waals surface area contributed by atoms with Crippen molar-refractivity contribution in [3.05, 3.63) is 18.2 Å². The molecule has 1 aliphatic rings. The van der Waals surface area contributed by atoms with E-state index in [1.807, 2.05) is 6.92 Å². The summed E-state index contributed by atoms with van der Waals surface area (Å²) in [6.07, 6.45) is 0.975. The number of ether oxygens (including phenoxy) is 2. The molecule has 1 atom stereocenters. The highest BCUT2D eigenvalue weighted by Crippen LogP contribution is 2.33. The van der Waals surface area contributed by atoms with Crippen LogP contribution in [0.4, 0.5) is 5.69 Å². The molecule has 1 heterocycles. The number of hydrogen-bond acceptors (Lipinski definition) is 5. The Morgan fingerprint density at radius 1 is 1.24 bits per heavy atom. The minimum absolute atomic E-state index is 0.424. The number of anilines is 1. The van der Waals surface area contributed by atoms with Crippen molar-refractivity contribution in [2.24, 2.45) is 0 Å². The first-order valence-electron chi connectivity index (χ1n) is 7.15.